The average molecular weight is 236 g/mol. The highest BCUT2D eigenvalue weighted by Crippen LogP contribution is 2.28. The van der Waals surface area contributed by atoms with E-state index < -0.39 is 8.80 Å². The van der Waals surface area contributed by atoms with E-state index in [0.29, 0.717) is 12.2 Å². The van der Waals surface area contributed by atoms with Gasteiger partial charge < -0.3 is 4.74 Å². The SMILES string of the molecule is C[SiH](C)C(C)(C)COC(=O)c1ccccc1. The van der Waals surface area contributed by atoms with Crippen LogP contribution in [0.4, 0.5) is 0 Å². The normalized spacial score (nSPS) is 11.6. The molecular formula is C13H20O2Si. The van der Waals surface area contributed by atoms with Gasteiger partial charge in [-0.15, -0.1) is 0 Å². The van der Waals surface area contributed by atoms with E-state index in [9.17, 15) is 4.79 Å². The van der Waals surface area contributed by atoms with E-state index in [-0.39, 0.29) is 11.0 Å². The van der Waals surface area contributed by atoms with Gasteiger partial charge in [0.25, 0.3) is 0 Å². The van der Waals surface area contributed by atoms with E-state index in [1.54, 1.807) is 12.1 Å². The van der Waals surface area contributed by atoms with Crippen molar-refractivity contribution in [2.75, 3.05) is 6.61 Å². The molecule has 0 bridgehead atoms. The van der Waals surface area contributed by atoms with Crippen LogP contribution in [0.2, 0.25) is 18.1 Å². The maximum atomic E-state index is 11.7. The predicted molar refractivity (Wildman–Crippen MR) is 69.6 cm³/mol. The number of hydrogen-bond acceptors (Lipinski definition) is 2. The van der Waals surface area contributed by atoms with Crippen LogP contribution < -0.4 is 0 Å². The van der Waals surface area contributed by atoms with Crippen LogP contribution in [0, 0.1) is 0 Å². The van der Waals surface area contributed by atoms with Gasteiger partial charge in [-0.2, -0.15) is 0 Å². The molecule has 1 aromatic rings. The summed E-state index contributed by atoms with van der Waals surface area (Å²) in [5.74, 6) is -0.219. The molecule has 0 amide bonds. The molecule has 0 spiro atoms. The lowest BCUT2D eigenvalue weighted by Gasteiger charge is -2.27. The van der Waals surface area contributed by atoms with E-state index in [1.165, 1.54) is 0 Å². The molecule has 0 radical (unpaired) electrons. The third-order valence-corrected chi connectivity index (χ3v) is 6.44. The molecule has 0 atom stereocenters. The van der Waals surface area contributed by atoms with E-state index in [1.807, 2.05) is 18.2 Å². The van der Waals surface area contributed by atoms with Gasteiger partial charge in [-0.25, -0.2) is 4.79 Å². The standard InChI is InChI=1S/C13H20O2Si/c1-13(2,16(3)4)10-15-12(14)11-8-6-5-7-9-11/h5-9,16H,10H2,1-4H3. The van der Waals surface area contributed by atoms with Gasteiger partial charge in [-0.05, 0) is 17.2 Å². The number of esters is 1. The lowest BCUT2D eigenvalue weighted by atomic mass is 10.2. The van der Waals surface area contributed by atoms with Gasteiger partial charge in [0.05, 0.1) is 12.2 Å². The Bertz CT molecular complexity index is 344. The molecule has 0 aromatic heterocycles. The van der Waals surface area contributed by atoms with E-state index in [0.717, 1.165) is 0 Å². The molecular weight excluding hydrogens is 216 g/mol. The predicted octanol–water partition coefficient (Wildman–Crippen LogP) is 3.11. The van der Waals surface area contributed by atoms with Crippen molar-refractivity contribution >= 4 is 14.8 Å². The van der Waals surface area contributed by atoms with Crippen LogP contribution in [0.1, 0.15) is 24.2 Å². The molecule has 3 heteroatoms. The molecule has 2 nitrogen and oxygen atoms in total. The van der Waals surface area contributed by atoms with Crippen molar-refractivity contribution in [2.24, 2.45) is 0 Å². The van der Waals surface area contributed by atoms with Gasteiger partial charge >= 0.3 is 5.97 Å². The van der Waals surface area contributed by atoms with Gasteiger partial charge in [0.1, 0.15) is 0 Å². The second-order valence-corrected chi connectivity index (χ2v) is 8.96. The number of benzene rings is 1. The van der Waals surface area contributed by atoms with Gasteiger partial charge in [-0.1, -0.05) is 45.1 Å². The first-order valence-corrected chi connectivity index (χ1v) is 8.54. The fourth-order valence-corrected chi connectivity index (χ4v) is 1.49. The monoisotopic (exact) mass is 236 g/mol. The Morgan fingerprint density at radius 3 is 2.31 bits per heavy atom. The summed E-state index contributed by atoms with van der Waals surface area (Å²) in [5, 5.41) is 0.157. The molecule has 1 rings (SSSR count). The van der Waals surface area contributed by atoms with Crippen LogP contribution in [0.3, 0.4) is 0 Å². The van der Waals surface area contributed by atoms with Gasteiger partial charge in [0.15, 0.2) is 0 Å². The van der Waals surface area contributed by atoms with Crippen molar-refractivity contribution < 1.29 is 9.53 Å². The third kappa shape index (κ3) is 3.49. The summed E-state index contributed by atoms with van der Waals surface area (Å²) in [7, 11) is -0.810. The first-order chi connectivity index (χ1) is 7.43. The average Bonchev–Trinajstić information content (AvgIpc) is 2.27. The Labute approximate surface area is 99.2 Å². The van der Waals surface area contributed by atoms with Crippen LogP contribution in [-0.4, -0.2) is 21.4 Å². The Kier molecular flexibility index (Phi) is 4.30. The molecule has 0 saturated heterocycles. The largest absolute Gasteiger partial charge is 0.462 e. The number of carbonyl (C=O) groups is 1. The quantitative estimate of drug-likeness (QED) is 0.593. The summed E-state index contributed by atoms with van der Waals surface area (Å²) < 4.78 is 5.35. The highest BCUT2D eigenvalue weighted by molar-refractivity contribution is 6.59. The Balaban J connectivity index is 2.54. The first-order valence-electron chi connectivity index (χ1n) is 5.65. The lowest BCUT2D eigenvalue weighted by molar-refractivity contribution is 0.0466. The molecule has 88 valence electrons. The highest BCUT2D eigenvalue weighted by atomic mass is 28.3. The van der Waals surface area contributed by atoms with Crippen molar-refractivity contribution in [1.29, 1.82) is 0 Å². The molecule has 0 aliphatic heterocycles. The number of rotatable bonds is 4. The van der Waals surface area contributed by atoms with Crippen molar-refractivity contribution in [3.05, 3.63) is 35.9 Å². The van der Waals surface area contributed by atoms with E-state index in [4.69, 9.17) is 4.74 Å². The maximum Gasteiger partial charge on any atom is 0.338 e. The Morgan fingerprint density at radius 1 is 1.25 bits per heavy atom. The Hall–Kier alpha value is -1.09. The van der Waals surface area contributed by atoms with Crippen LogP contribution in [0.25, 0.3) is 0 Å². The Morgan fingerprint density at radius 2 is 1.81 bits per heavy atom. The minimum Gasteiger partial charge on any atom is -0.462 e. The molecule has 0 saturated carbocycles. The van der Waals surface area contributed by atoms with Gasteiger partial charge in [0.2, 0.25) is 0 Å². The molecule has 0 aliphatic carbocycles. The molecule has 1 aromatic carbocycles. The number of hydrogen-bond donors (Lipinski definition) is 0. The summed E-state index contributed by atoms with van der Waals surface area (Å²) in [5.41, 5.74) is 0.628. The van der Waals surface area contributed by atoms with Crippen molar-refractivity contribution in [3.63, 3.8) is 0 Å². The fourth-order valence-electron chi connectivity index (χ4n) is 1.08. The summed E-state index contributed by atoms with van der Waals surface area (Å²) in [6, 6.07) is 9.14. The second-order valence-electron chi connectivity index (χ2n) is 5.09. The van der Waals surface area contributed by atoms with E-state index >= 15 is 0 Å². The van der Waals surface area contributed by atoms with Crippen molar-refractivity contribution in [1.82, 2.24) is 0 Å². The molecule has 0 heterocycles. The zero-order valence-corrected chi connectivity index (χ0v) is 11.6. The minimum absolute atomic E-state index is 0.157. The molecule has 0 unspecified atom stereocenters. The maximum absolute atomic E-state index is 11.7. The van der Waals surface area contributed by atoms with Crippen LogP contribution in [-0.2, 0) is 4.74 Å². The summed E-state index contributed by atoms with van der Waals surface area (Å²) in [4.78, 5) is 11.7. The van der Waals surface area contributed by atoms with Gasteiger partial charge in [-0.3, -0.25) is 0 Å². The summed E-state index contributed by atoms with van der Waals surface area (Å²) in [6.07, 6.45) is 0. The van der Waals surface area contributed by atoms with Crippen LogP contribution in [0.15, 0.2) is 30.3 Å². The zero-order chi connectivity index (χ0) is 12.2. The highest BCUT2D eigenvalue weighted by Gasteiger charge is 2.25. The van der Waals surface area contributed by atoms with Crippen molar-refractivity contribution in [3.8, 4) is 0 Å². The first kappa shape index (κ1) is 13.0. The van der Waals surface area contributed by atoms with Crippen LogP contribution in [0.5, 0.6) is 0 Å². The topological polar surface area (TPSA) is 26.3 Å². The van der Waals surface area contributed by atoms with Gasteiger partial charge in [0, 0.05) is 8.80 Å². The van der Waals surface area contributed by atoms with Crippen LogP contribution >= 0.6 is 0 Å². The fraction of sp³-hybridized carbons (Fsp3) is 0.462. The number of carbonyl (C=O) groups excluding carboxylic acids is 1. The smallest absolute Gasteiger partial charge is 0.338 e. The zero-order valence-electron chi connectivity index (χ0n) is 10.5. The lowest BCUT2D eigenvalue weighted by Crippen LogP contribution is -2.27. The summed E-state index contributed by atoms with van der Waals surface area (Å²) >= 11 is 0. The molecule has 0 N–H and O–H groups in total. The second kappa shape index (κ2) is 5.30. The third-order valence-electron chi connectivity index (χ3n) is 3.15. The van der Waals surface area contributed by atoms with Crippen molar-refractivity contribution in [2.45, 2.75) is 32.0 Å². The molecule has 0 fully saturated rings. The molecule has 0 aliphatic rings. The van der Waals surface area contributed by atoms with E-state index in [2.05, 4.69) is 26.9 Å². The number of ether oxygens (including phenoxy) is 1. The molecule has 16 heavy (non-hydrogen) atoms. The minimum atomic E-state index is -0.810. The summed E-state index contributed by atoms with van der Waals surface area (Å²) in [6.45, 7) is 9.40.